The van der Waals surface area contributed by atoms with Crippen molar-refractivity contribution in [1.82, 2.24) is 35.0 Å². The Bertz CT molecular complexity index is 1170. The summed E-state index contributed by atoms with van der Waals surface area (Å²) in [7, 11) is 0. The molecule has 154 valence electrons. The maximum absolute atomic E-state index is 6.15. The van der Waals surface area contributed by atoms with Crippen LogP contribution in [0.4, 0.5) is 5.82 Å². The molecule has 0 aliphatic carbocycles. The van der Waals surface area contributed by atoms with Gasteiger partial charge in [-0.05, 0) is 45.0 Å². The summed E-state index contributed by atoms with van der Waals surface area (Å²) in [6.45, 7) is 4.55. The van der Waals surface area contributed by atoms with Gasteiger partial charge in [0, 0.05) is 11.8 Å². The highest BCUT2D eigenvalue weighted by Gasteiger charge is 2.18. The zero-order valence-electron chi connectivity index (χ0n) is 16.8. The molecule has 30 heavy (non-hydrogen) atoms. The summed E-state index contributed by atoms with van der Waals surface area (Å²) in [6, 6.07) is 6.19. The van der Waals surface area contributed by atoms with Crippen LogP contribution >= 0.6 is 0 Å². The Morgan fingerprint density at radius 2 is 2.07 bits per heavy atom. The summed E-state index contributed by atoms with van der Waals surface area (Å²) in [5.41, 5.74) is 9.90. The van der Waals surface area contributed by atoms with Crippen LogP contribution in [0.1, 0.15) is 25.8 Å². The molecular formula is C21H24N8O. The van der Waals surface area contributed by atoms with Crippen molar-refractivity contribution in [3.8, 4) is 28.5 Å². The van der Waals surface area contributed by atoms with E-state index < -0.39 is 0 Å². The summed E-state index contributed by atoms with van der Waals surface area (Å²) in [5.74, 6) is 1.61. The topological polar surface area (TPSA) is 120 Å². The van der Waals surface area contributed by atoms with E-state index >= 15 is 0 Å². The summed E-state index contributed by atoms with van der Waals surface area (Å²) in [4.78, 5) is 17.1. The van der Waals surface area contributed by atoms with Crippen molar-refractivity contribution >= 4 is 16.9 Å². The molecule has 4 aromatic rings. The highest BCUT2D eigenvalue weighted by molar-refractivity contribution is 5.85. The number of nitrogens with zero attached hydrogens (tertiary/aromatic N) is 5. The van der Waals surface area contributed by atoms with Gasteiger partial charge in [-0.1, -0.05) is 6.07 Å². The summed E-state index contributed by atoms with van der Waals surface area (Å²) < 4.78 is 7.72. The second kappa shape index (κ2) is 7.75. The molecule has 1 aliphatic rings. The van der Waals surface area contributed by atoms with Crippen LogP contribution in [0, 0.1) is 0 Å². The molecular weight excluding hydrogens is 380 g/mol. The number of ether oxygens (including phenoxy) is 1. The van der Waals surface area contributed by atoms with Gasteiger partial charge in [-0.3, -0.25) is 4.68 Å². The Morgan fingerprint density at radius 1 is 1.20 bits per heavy atom. The summed E-state index contributed by atoms with van der Waals surface area (Å²) >= 11 is 0. The lowest BCUT2D eigenvalue weighted by atomic mass is 10.1. The maximum Gasteiger partial charge on any atom is 0.161 e. The van der Waals surface area contributed by atoms with Gasteiger partial charge in [0.25, 0.3) is 0 Å². The number of aromatic amines is 1. The van der Waals surface area contributed by atoms with Crippen LogP contribution in [0.5, 0.6) is 5.75 Å². The number of piperidine rings is 1. The number of imidazole rings is 1. The third kappa shape index (κ3) is 3.37. The van der Waals surface area contributed by atoms with Gasteiger partial charge in [0.05, 0.1) is 36.3 Å². The van der Waals surface area contributed by atoms with E-state index in [1.807, 2.05) is 42.2 Å². The molecule has 0 bridgehead atoms. The second-order valence-corrected chi connectivity index (χ2v) is 7.35. The first-order valence-electron chi connectivity index (χ1n) is 10.2. The van der Waals surface area contributed by atoms with Crippen LogP contribution in [0.3, 0.4) is 0 Å². The van der Waals surface area contributed by atoms with Crippen molar-refractivity contribution in [2.45, 2.75) is 25.8 Å². The molecule has 4 heterocycles. The fraction of sp³-hybridized carbons (Fsp3) is 0.333. The van der Waals surface area contributed by atoms with Crippen LogP contribution in [-0.4, -0.2) is 49.4 Å². The molecule has 1 aliphatic heterocycles. The Morgan fingerprint density at radius 3 is 2.90 bits per heavy atom. The number of hydrogen-bond donors (Lipinski definition) is 3. The Balaban J connectivity index is 1.51. The van der Waals surface area contributed by atoms with Gasteiger partial charge in [-0.15, -0.1) is 0 Å². The highest BCUT2D eigenvalue weighted by atomic mass is 16.5. The predicted octanol–water partition coefficient (Wildman–Crippen LogP) is 2.79. The van der Waals surface area contributed by atoms with Crippen molar-refractivity contribution in [3.63, 3.8) is 0 Å². The third-order valence-corrected chi connectivity index (χ3v) is 5.38. The van der Waals surface area contributed by atoms with Gasteiger partial charge in [-0.25, -0.2) is 15.0 Å². The molecule has 0 radical (unpaired) electrons. The first-order chi connectivity index (χ1) is 14.7. The van der Waals surface area contributed by atoms with E-state index in [0.29, 0.717) is 35.7 Å². The van der Waals surface area contributed by atoms with Gasteiger partial charge in [0.1, 0.15) is 17.0 Å². The number of anilines is 1. The number of nitrogens with one attached hydrogen (secondary N) is 2. The molecule has 4 N–H and O–H groups in total. The fourth-order valence-electron chi connectivity index (χ4n) is 3.84. The van der Waals surface area contributed by atoms with Gasteiger partial charge >= 0.3 is 0 Å². The van der Waals surface area contributed by atoms with E-state index in [-0.39, 0.29) is 0 Å². The van der Waals surface area contributed by atoms with E-state index in [4.69, 9.17) is 15.5 Å². The van der Waals surface area contributed by atoms with E-state index in [0.717, 1.165) is 48.3 Å². The summed E-state index contributed by atoms with van der Waals surface area (Å²) in [5, 5.41) is 7.94. The number of nitrogen functional groups attached to an aromatic ring is 1. The van der Waals surface area contributed by atoms with Crippen LogP contribution < -0.4 is 15.8 Å². The minimum Gasteiger partial charge on any atom is -0.492 e. The lowest BCUT2D eigenvalue weighted by Crippen LogP contribution is -2.29. The number of nitrogens with two attached hydrogens (primary N) is 1. The van der Waals surface area contributed by atoms with Gasteiger partial charge in [0.2, 0.25) is 0 Å². The molecule has 5 rings (SSSR count). The molecule has 3 aromatic heterocycles. The summed E-state index contributed by atoms with van der Waals surface area (Å²) in [6.07, 6.45) is 7.68. The Labute approximate surface area is 173 Å². The molecule has 1 saturated heterocycles. The average Bonchev–Trinajstić information content (AvgIpc) is 3.43. The SMILES string of the molecule is CCOc1cccc2[nH]c(-c3nc(-c4cnn(C5CCNCC5)c4)cnc3N)nc12. The van der Waals surface area contributed by atoms with Crippen LogP contribution in [-0.2, 0) is 0 Å². The quantitative estimate of drug-likeness (QED) is 0.468. The monoisotopic (exact) mass is 404 g/mol. The number of para-hydroxylation sites is 1. The van der Waals surface area contributed by atoms with E-state index in [9.17, 15) is 0 Å². The predicted molar refractivity (Wildman–Crippen MR) is 115 cm³/mol. The van der Waals surface area contributed by atoms with Crippen molar-refractivity contribution in [3.05, 3.63) is 36.8 Å². The maximum atomic E-state index is 6.15. The van der Waals surface area contributed by atoms with E-state index in [1.54, 1.807) is 6.20 Å². The smallest absolute Gasteiger partial charge is 0.161 e. The minimum absolute atomic E-state index is 0.321. The Kier molecular flexibility index (Phi) is 4.80. The lowest BCUT2D eigenvalue weighted by Gasteiger charge is -2.22. The van der Waals surface area contributed by atoms with Crippen molar-refractivity contribution in [2.75, 3.05) is 25.4 Å². The second-order valence-electron chi connectivity index (χ2n) is 7.35. The fourth-order valence-corrected chi connectivity index (χ4v) is 3.84. The zero-order chi connectivity index (χ0) is 20.5. The standard InChI is InChI=1S/C21H24N8O/c1-2-30-17-5-3-4-15-18(17)28-21(27-15)19-20(22)24-11-16(26-19)13-10-25-29(12-13)14-6-8-23-9-7-14/h3-5,10-12,14,23H,2,6-9H2,1H3,(H2,22,24)(H,27,28). The van der Waals surface area contributed by atoms with Crippen molar-refractivity contribution in [1.29, 1.82) is 0 Å². The normalized spacial score (nSPS) is 15.0. The van der Waals surface area contributed by atoms with Crippen molar-refractivity contribution < 1.29 is 4.74 Å². The lowest BCUT2D eigenvalue weighted by molar-refractivity contribution is 0.343. The largest absolute Gasteiger partial charge is 0.492 e. The minimum atomic E-state index is 0.321. The third-order valence-electron chi connectivity index (χ3n) is 5.38. The van der Waals surface area contributed by atoms with E-state index in [1.165, 1.54) is 0 Å². The number of aromatic nitrogens is 6. The first-order valence-corrected chi connectivity index (χ1v) is 10.2. The number of hydrogen-bond acceptors (Lipinski definition) is 7. The molecule has 0 spiro atoms. The molecule has 1 fully saturated rings. The van der Waals surface area contributed by atoms with Crippen LogP contribution in [0.2, 0.25) is 0 Å². The molecule has 0 unspecified atom stereocenters. The van der Waals surface area contributed by atoms with Gasteiger partial charge in [0.15, 0.2) is 11.6 Å². The van der Waals surface area contributed by atoms with Gasteiger partial charge < -0.3 is 20.8 Å². The molecule has 9 heteroatoms. The number of benzene rings is 1. The van der Waals surface area contributed by atoms with Crippen molar-refractivity contribution in [2.24, 2.45) is 0 Å². The number of rotatable bonds is 5. The number of H-pyrrole nitrogens is 1. The van der Waals surface area contributed by atoms with Gasteiger partial charge in [-0.2, -0.15) is 5.10 Å². The Hall–Kier alpha value is -3.46. The molecule has 9 nitrogen and oxygen atoms in total. The highest BCUT2D eigenvalue weighted by Crippen LogP contribution is 2.30. The van der Waals surface area contributed by atoms with E-state index in [2.05, 4.69) is 25.4 Å². The molecule has 0 saturated carbocycles. The first kappa shape index (κ1) is 18.6. The molecule has 0 atom stereocenters. The molecule has 1 aromatic carbocycles. The average molecular weight is 404 g/mol. The van der Waals surface area contributed by atoms with Crippen LogP contribution in [0.15, 0.2) is 36.8 Å². The van der Waals surface area contributed by atoms with Crippen LogP contribution in [0.25, 0.3) is 33.8 Å². The zero-order valence-corrected chi connectivity index (χ0v) is 16.8. The molecule has 0 amide bonds. The number of fused-ring (bicyclic) bond motifs is 1.